The van der Waals surface area contributed by atoms with Gasteiger partial charge in [0.15, 0.2) is 0 Å². The van der Waals surface area contributed by atoms with Crippen molar-refractivity contribution in [2.45, 2.75) is 6.92 Å². The quantitative estimate of drug-likeness (QED) is 0.496. The van der Waals surface area contributed by atoms with E-state index in [1.165, 1.54) is 0 Å². The van der Waals surface area contributed by atoms with E-state index in [0.717, 1.165) is 5.69 Å². The topological polar surface area (TPSA) is 54.4 Å². The normalized spacial score (nSPS) is 8.90. The van der Waals surface area contributed by atoms with Crippen LogP contribution >= 0.6 is 0 Å². The predicted molar refractivity (Wildman–Crippen MR) is 38.4 cm³/mol. The van der Waals surface area contributed by atoms with Crippen LogP contribution in [0.25, 0.3) is 0 Å². The van der Waals surface area contributed by atoms with Crippen LogP contribution in [0.5, 0.6) is 0 Å². The summed E-state index contributed by atoms with van der Waals surface area (Å²) in [5.74, 6) is 0.481. The van der Waals surface area contributed by atoms with Gasteiger partial charge in [-0.1, -0.05) is 6.07 Å². The molecule has 0 saturated carbocycles. The highest BCUT2D eigenvalue weighted by Gasteiger charge is 1.89. The van der Waals surface area contributed by atoms with E-state index in [1.807, 2.05) is 13.0 Å². The molecule has 0 fully saturated rings. The van der Waals surface area contributed by atoms with Crippen LogP contribution in [0.2, 0.25) is 0 Å². The van der Waals surface area contributed by atoms with Crippen LogP contribution in [0, 0.1) is 11.8 Å². The van der Waals surface area contributed by atoms with Gasteiger partial charge in [0.25, 0.3) is 0 Å². The summed E-state index contributed by atoms with van der Waals surface area (Å²) in [5, 5.41) is 2.48. The molecule has 0 atom stereocenters. The summed E-state index contributed by atoms with van der Waals surface area (Å²) in [5.41, 5.74) is 3.06. The Morgan fingerprint density at radius 2 is 2.40 bits per heavy atom. The molecule has 0 saturated heterocycles. The number of nitrogens with one attached hydrogen (secondary N) is 1. The van der Waals surface area contributed by atoms with Gasteiger partial charge in [-0.05, 0) is 19.1 Å². The second-order valence-electron chi connectivity index (χ2n) is 1.87. The van der Waals surface area contributed by atoms with E-state index in [9.17, 15) is 4.91 Å². The minimum Gasteiger partial charge on any atom is -0.235 e. The molecule has 1 aromatic rings. The van der Waals surface area contributed by atoms with Gasteiger partial charge in [-0.15, -0.1) is 4.91 Å². The van der Waals surface area contributed by atoms with Crippen molar-refractivity contribution in [3.63, 3.8) is 0 Å². The zero-order valence-corrected chi connectivity index (χ0v) is 5.53. The number of nitroso groups, excluding NO2 is 1. The molecule has 0 amide bonds. The van der Waals surface area contributed by atoms with E-state index < -0.39 is 0 Å². The molecule has 0 bridgehead atoms. The fraction of sp³-hybridized carbons (Fsp3) is 0.167. The summed E-state index contributed by atoms with van der Waals surface area (Å²) in [7, 11) is 0. The Labute approximate surface area is 58.2 Å². The first-order valence-corrected chi connectivity index (χ1v) is 2.85. The molecule has 10 heavy (non-hydrogen) atoms. The average molecular weight is 137 g/mol. The molecular weight excluding hydrogens is 130 g/mol. The Bertz CT molecular complexity index is 236. The van der Waals surface area contributed by atoms with Crippen molar-refractivity contribution in [2.24, 2.45) is 5.29 Å². The smallest absolute Gasteiger partial charge is 0.149 e. The molecule has 1 rings (SSSR count). The number of rotatable bonds is 2. The van der Waals surface area contributed by atoms with Crippen molar-refractivity contribution < 1.29 is 0 Å². The lowest BCUT2D eigenvalue weighted by Crippen LogP contribution is -1.90. The summed E-state index contributed by atoms with van der Waals surface area (Å²) in [6.07, 6.45) is 0. The predicted octanol–water partition coefficient (Wildman–Crippen LogP) is 1.48. The van der Waals surface area contributed by atoms with Crippen LogP contribution in [0.1, 0.15) is 5.69 Å². The average Bonchev–Trinajstić information content (AvgIpc) is 1.88. The lowest BCUT2D eigenvalue weighted by molar-refractivity contribution is 1.15. The lowest BCUT2D eigenvalue weighted by Gasteiger charge is -1.95. The van der Waals surface area contributed by atoms with Crippen LogP contribution in [0.3, 0.4) is 0 Å². The number of aromatic nitrogens is 1. The first-order valence-electron chi connectivity index (χ1n) is 2.85. The third-order valence-corrected chi connectivity index (χ3v) is 1.05. The summed E-state index contributed by atoms with van der Waals surface area (Å²) in [4.78, 5) is 13.6. The monoisotopic (exact) mass is 137 g/mol. The highest BCUT2D eigenvalue weighted by atomic mass is 16.3. The highest BCUT2D eigenvalue weighted by molar-refractivity contribution is 5.33. The van der Waals surface area contributed by atoms with E-state index in [2.05, 4.69) is 15.7 Å². The number of pyridine rings is 1. The number of hydrogen-bond donors (Lipinski definition) is 1. The molecule has 1 aromatic heterocycles. The zero-order chi connectivity index (χ0) is 7.40. The zero-order valence-electron chi connectivity index (χ0n) is 5.53. The molecule has 0 aliphatic heterocycles. The van der Waals surface area contributed by atoms with Crippen molar-refractivity contribution in [1.29, 1.82) is 0 Å². The number of nitrogens with zero attached hydrogens (tertiary/aromatic N) is 2. The van der Waals surface area contributed by atoms with Gasteiger partial charge in [0.05, 0.1) is 5.29 Å². The first kappa shape index (κ1) is 6.67. The van der Waals surface area contributed by atoms with Gasteiger partial charge in [-0.25, -0.2) is 10.4 Å². The molecule has 0 radical (unpaired) electrons. The molecule has 0 unspecified atom stereocenters. The van der Waals surface area contributed by atoms with Crippen molar-refractivity contribution in [3.05, 3.63) is 28.8 Å². The van der Waals surface area contributed by atoms with Gasteiger partial charge >= 0.3 is 0 Å². The van der Waals surface area contributed by atoms with Crippen LogP contribution in [0.4, 0.5) is 5.82 Å². The van der Waals surface area contributed by atoms with Crippen LogP contribution in [0.15, 0.2) is 23.5 Å². The molecule has 0 aliphatic rings. The Morgan fingerprint density at radius 3 is 3.00 bits per heavy atom. The Balaban J connectivity index is 2.84. The lowest BCUT2D eigenvalue weighted by atomic mass is 10.4. The molecule has 0 spiro atoms. The van der Waals surface area contributed by atoms with Gasteiger partial charge in [0, 0.05) is 5.69 Å². The second kappa shape index (κ2) is 2.91. The van der Waals surface area contributed by atoms with E-state index >= 15 is 0 Å². The van der Waals surface area contributed by atoms with Crippen LogP contribution in [-0.2, 0) is 0 Å². The maximum Gasteiger partial charge on any atom is 0.149 e. The Morgan fingerprint density at radius 1 is 1.60 bits per heavy atom. The number of aryl methyl sites for hydroxylation is 1. The van der Waals surface area contributed by atoms with Crippen molar-refractivity contribution in [2.75, 3.05) is 5.43 Å². The van der Waals surface area contributed by atoms with Gasteiger partial charge in [-0.2, -0.15) is 0 Å². The van der Waals surface area contributed by atoms with E-state index in [4.69, 9.17) is 0 Å². The summed E-state index contributed by atoms with van der Waals surface area (Å²) < 4.78 is 0. The number of hydrogen-bond acceptors (Lipinski definition) is 3. The Kier molecular flexibility index (Phi) is 1.94. The van der Waals surface area contributed by atoms with Gasteiger partial charge < -0.3 is 0 Å². The SMILES string of the molecule is Cc1cccc(NN=O)n1. The third kappa shape index (κ3) is 1.51. The molecule has 52 valence electrons. The second-order valence-corrected chi connectivity index (χ2v) is 1.87. The van der Waals surface area contributed by atoms with Gasteiger partial charge in [0.2, 0.25) is 0 Å². The standard InChI is InChI=1S/C6H7N3O/c1-5-3-2-4-6(7-5)8-9-10/h2-4H,1H3,(H,7,8,10). The van der Waals surface area contributed by atoms with Crippen molar-refractivity contribution >= 4 is 5.82 Å². The van der Waals surface area contributed by atoms with Gasteiger partial charge in [0.1, 0.15) is 5.82 Å². The maximum atomic E-state index is 9.68. The Hall–Kier alpha value is -1.45. The molecule has 4 nitrogen and oxygen atoms in total. The van der Waals surface area contributed by atoms with Crippen molar-refractivity contribution in [3.8, 4) is 0 Å². The van der Waals surface area contributed by atoms with E-state index in [-0.39, 0.29) is 0 Å². The molecule has 1 N–H and O–H groups in total. The van der Waals surface area contributed by atoms with E-state index in [1.54, 1.807) is 12.1 Å². The summed E-state index contributed by atoms with van der Waals surface area (Å²) >= 11 is 0. The highest BCUT2D eigenvalue weighted by Crippen LogP contribution is 2.02. The van der Waals surface area contributed by atoms with E-state index in [0.29, 0.717) is 5.82 Å². The van der Waals surface area contributed by atoms with Crippen LogP contribution in [-0.4, -0.2) is 4.98 Å². The van der Waals surface area contributed by atoms with Gasteiger partial charge in [-0.3, -0.25) is 0 Å². The number of anilines is 1. The van der Waals surface area contributed by atoms with Crippen LogP contribution < -0.4 is 5.43 Å². The molecule has 0 aromatic carbocycles. The molecule has 1 heterocycles. The molecule has 0 aliphatic carbocycles. The fourth-order valence-electron chi connectivity index (χ4n) is 0.652. The molecular formula is C6H7N3O. The maximum absolute atomic E-state index is 9.68. The minimum atomic E-state index is 0.481. The minimum absolute atomic E-state index is 0.481. The fourth-order valence-corrected chi connectivity index (χ4v) is 0.652. The summed E-state index contributed by atoms with van der Waals surface area (Å²) in [6, 6.07) is 5.32. The van der Waals surface area contributed by atoms with Crippen molar-refractivity contribution in [1.82, 2.24) is 4.98 Å². The summed E-state index contributed by atoms with van der Waals surface area (Å²) in [6.45, 7) is 1.84. The molecule has 4 heteroatoms. The third-order valence-electron chi connectivity index (χ3n) is 1.05. The first-order chi connectivity index (χ1) is 4.83. The largest absolute Gasteiger partial charge is 0.235 e.